The zero-order valence-electron chi connectivity index (χ0n) is 12.4. The fourth-order valence-corrected chi connectivity index (χ4v) is 2.08. The zero-order valence-corrected chi connectivity index (χ0v) is 12.4. The second kappa shape index (κ2) is 6.54. The number of amides is 1. The van der Waals surface area contributed by atoms with Crippen molar-refractivity contribution in [3.8, 4) is 0 Å². The number of hydrogen-bond acceptors (Lipinski definition) is 3. The molecule has 0 aliphatic carbocycles. The van der Waals surface area contributed by atoms with Crippen molar-refractivity contribution in [2.45, 2.75) is 32.4 Å². The summed E-state index contributed by atoms with van der Waals surface area (Å²) in [5.74, 6) is -0.138. The van der Waals surface area contributed by atoms with E-state index in [1.807, 2.05) is 37.3 Å². The van der Waals surface area contributed by atoms with Crippen molar-refractivity contribution in [1.82, 2.24) is 15.1 Å². The summed E-state index contributed by atoms with van der Waals surface area (Å²) >= 11 is 0. The number of carbonyl (C=O) groups is 1. The van der Waals surface area contributed by atoms with Crippen LogP contribution in [-0.2, 0) is 6.54 Å². The summed E-state index contributed by atoms with van der Waals surface area (Å²) < 4.78 is 0. The SMILES string of the molecule is CC[C@](C)(O)CN(Cc1ccccc1)C(=O)c1cn[nH]c1. The number of aliphatic hydroxyl groups is 1. The van der Waals surface area contributed by atoms with Gasteiger partial charge in [0.2, 0.25) is 0 Å². The molecule has 1 heterocycles. The second-order valence-electron chi connectivity index (χ2n) is 5.48. The smallest absolute Gasteiger partial charge is 0.257 e. The molecule has 112 valence electrons. The van der Waals surface area contributed by atoms with Gasteiger partial charge < -0.3 is 10.0 Å². The van der Waals surface area contributed by atoms with Crippen molar-refractivity contribution in [1.29, 1.82) is 0 Å². The molecule has 0 bridgehead atoms. The number of benzene rings is 1. The summed E-state index contributed by atoms with van der Waals surface area (Å²) in [7, 11) is 0. The molecule has 1 atom stereocenters. The van der Waals surface area contributed by atoms with Crippen LogP contribution in [0.5, 0.6) is 0 Å². The predicted molar refractivity (Wildman–Crippen MR) is 80.7 cm³/mol. The van der Waals surface area contributed by atoms with E-state index in [2.05, 4.69) is 10.2 Å². The molecule has 1 aromatic heterocycles. The monoisotopic (exact) mass is 287 g/mol. The minimum absolute atomic E-state index is 0.138. The highest BCUT2D eigenvalue weighted by Gasteiger charge is 2.26. The van der Waals surface area contributed by atoms with Crippen LogP contribution in [0, 0.1) is 0 Å². The largest absolute Gasteiger partial charge is 0.388 e. The number of nitrogens with zero attached hydrogens (tertiary/aromatic N) is 2. The minimum Gasteiger partial charge on any atom is -0.388 e. The van der Waals surface area contributed by atoms with E-state index >= 15 is 0 Å². The van der Waals surface area contributed by atoms with E-state index in [4.69, 9.17) is 0 Å². The maximum Gasteiger partial charge on any atom is 0.257 e. The van der Waals surface area contributed by atoms with Crippen LogP contribution in [0.3, 0.4) is 0 Å². The Labute approximate surface area is 124 Å². The van der Waals surface area contributed by atoms with Crippen LogP contribution in [0.2, 0.25) is 0 Å². The van der Waals surface area contributed by atoms with Gasteiger partial charge in [-0.25, -0.2) is 0 Å². The molecule has 0 fully saturated rings. The van der Waals surface area contributed by atoms with E-state index in [0.29, 0.717) is 18.5 Å². The number of carbonyl (C=O) groups excluding carboxylic acids is 1. The van der Waals surface area contributed by atoms with Gasteiger partial charge in [-0.1, -0.05) is 37.3 Å². The average Bonchev–Trinajstić information content (AvgIpc) is 3.01. The maximum atomic E-state index is 12.6. The third-order valence-corrected chi connectivity index (χ3v) is 3.54. The Morgan fingerprint density at radius 2 is 2.10 bits per heavy atom. The van der Waals surface area contributed by atoms with Gasteiger partial charge in [0, 0.05) is 19.3 Å². The van der Waals surface area contributed by atoms with Crippen molar-refractivity contribution in [3.63, 3.8) is 0 Å². The minimum atomic E-state index is -0.909. The van der Waals surface area contributed by atoms with Gasteiger partial charge in [0.05, 0.1) is 17.4 Å². The molecule has 2 N–H and O–H groups in total. The molecule has 0 aliphatic heterocycles. The molecular formula is C16H21N3O2. The Balaban J connectivity index is 2.20. The van der Waals surface area contributed by atoms with Gasteiger partial charge >= 0.3 is 0 Å². The van der Waals surface area contributed by atoms with E-state index in [1.54, 1.807) is 18.0 Å². The fraction of sp³-hybridized carbons (Fsp3) is 0.375. The molecule has 0 aliphatic rings. The van der Waals surface area contributed by atoms with Gasteiger partial charge in [-0.05, 0) is 18.9 Å². The van der Waals surface area contributed by atoms with E-state index < -0.39 is 5.60 Å². The lowest BCUT2D eigenvalue weighted by Crippen LogP contribution is -2.43. The molecule has 5 nitrogen and oxygen atoms in total. The lowest BCUT2D eigenvalue weighted by molar-refractivity contribution is 0.0135. The number of aromatic amines is 1. The third kappa shape index (κ3) is 4.16. The van der Waals surface area contributed by atoms with Gasteiger partial charge in [0.1, 0.15) is 0 Å². The molecule has 1 aromatic carbocycles. The summed E-state index contributed by atoms with van der Waals surface area (Å²) in [6.45, 7) is 4.39. The van der Waals surface area contributed by atoms with Crippen LogP contribution in [0.15, 0.2) is 42.7 Å². The second-order valence-corrected chi connectivity index (χ2v) is 5.48. The van der Waals surface area contributed by atoms with Gasteiger partial charge in [0.15, 0.2) is 0 Å². The Morgan fingerprint density at radius 1 is 1.38 bits per heavy atom. The standard InChI is InChI=1S/C16H21N3O2/c1-3-16(2,21)12-19(11-13-7-5-4-6-8-13)15(20)14-9-17-18-10-14/h4-10,21H,3,11-12H2,1-2H3,(H,17,18)/t16-/m0/s1. The topological polar surface area (TPSA) is 69.2 Å². The predicted octanol–water partition coefficient (Wildman–Crippen LogP) is 2.21. The average molecular weight is 287 g/mol. The van der Waals surface area contributed by atoms with E-state index in [9.17, 15) is 9.90 Å². The Bertz CT molecular complexity index is 564. The van der Waals surface area contributed by atoms with Crippen molar-refractivity contribution < 1.29 is 9.90 Å². The normalized spacial score (nSPS) is 13.7. The van der Waals surface area contributed by atoms with Crippen molar-refractivity contribution in [2.75, 3.05) is 6.54 Å². The Hall–Kier alpha value is -2.14. The number of hydrogen-bond donors (Lipinski definition) is 2. The molecular weight excluding hydrogens is 266 g/mol. The van der Waals surface area contributed by atoms with Crippen LogP contribution < -0.4 is 0 Å². The summed E-state index contributed by atoms with van der Waals surface area (Å²) in [5, 5.41) is 16.8. The molecule has 5 heteroatoms. The highest BCUT2D eigenvalue weighted by atomic mass is 16.3. The molecule has 0 radical (unpaired) electrons. The van der Waals surface area contributed by atoms with E-state index in [1.165, 1.54) is 6.20 Å². The molecule has 2 aromatic rings. The number of H-pyrrole nitrogens is 1. The molecule has 2 rings (SSSR count). The lowest BCUT2D eigenvalue weighted by Gasteiger charge is -2.31. The first-order valence-electron chi connectivity index (χ1n) is 7.06. The number of nitrogens with one attached hydrogen (secondary N) is 1. The number of aromatic nitrogens is 2. The van der Waals surface area contributed by atoms with Gasteiger partial charge in [-0.15, -0.1) is 0 Å². The molecule has 0 unspecified atom stereocenters. The van der Waals surface area contributed by atoms with Crippen LogP contribution in [0.4, 0.5) is 0 Å². The lowest BCUT2D eigenvalue weighted by atomic mass is 10.0. The van der Waals surface area contributed by atoms with Gasteiger partial charge in [-0.3, -0.25) is 9.89 Å². The molecule has 21 heavy (non-hydrogen) atoms. The van der Waals surface area contributed by atoms with Crippen LogP contribution in [0.1, 0.15) is 36.2 Å². The van der Waals surface area contributed by atoms with Crippen molar-refractivity contribution in [2.24, 2.45) is 0 Å². The van der Waals surface area contributed by atoms with Gasteiger partial charge in [-0.2, -0.15) is 5.10 Å². The van der Waals surface area contributed by atoms with Crippen LogP contribution in [0.25, 0.3) is 0 Å². The van der Waals surface area contributed by atoms with E-state index in [-0.39, 0.29) is 12.5 Å². The summed E-state index contributed by atoms with van der Waals surface area (Å²) in [5.41, 5.74) is 0.618. The third-order valence-electron chi connectivity index (χ3n) is 3.54. The highest BCUT2D eigenvalue weighted by Crippen LogP contribution is 2.16. The Morgan fingerprint density at radius 3 is 2.67 bits per heavy atom. The molecule has 1 amide bonds. The summed E-state index contributed by atoms with van der Waals surface area (Å²) in [4.78, 5) is 14.2. The first kappa shape index (κ1) is 15.3. The van der Waals surface area contributed by atoms with Gasteiger partial charge in [0.25, 0.3) is 5.91 Å². The quantitative estimate of drug-likeness (QED) is 0.856. The molecule has 0 saturated heterocycles. The summed E-state index contributed by atoms with van der Waals surface area (Å²) in [6.07, 6.45) is 3.65. The fourth-order valence-electron chi connectivity index (χ4n) is 2.08. The number of rotatable bonds is 6. The maximum absolute atomic E-state index is 12.6. The van der Waals surface area contributed by atoms with Crippen molar-refractivity contribution >= 4 is 5.91 Å². The highest BCUT2D eigenvalue weighted by molar-refractivity contribution is 5.93. The van der Waals surface area contributed by atoms with Crippen molar-refractivity contribution in [3.05, 3.63) is 53.9 Å². The molecule has 0 spiro atoms. The van der Waals surface area contributed by atoms with Crippen LogP contribution >= 0.6 is 0 Å². The Kier molecular flexibility index (Phi) is 4.75. The molecule has 0 saturated carbocycles. The first-order valence-corrected chi connectivity index (χ1v) is 7.06. The van der Waals surface area contributed by atoms with Crippen LogP contribution in [-0.4, -0.2) is 38.3 Å². The summed E-state index contributed by atoms with van der Waals surface area (Å²) in [6, 6.07) is 9.75. The van der Waals surface area contributed by atoms with E-state index in [0.717, 1.165) is 5.56 Å². The first-order chi connectivity index (χ1) is 10.0. The zero-order chi connectivity index (χ0) is 15.3.